The van der Waals surface area contributed by atoms with Crippen LogP contribution in [0.1, 0.15) is 21.5 Å². The van der Waals surface area contributed by atoms with Gasteiger partial charge in [-0.3, -0.25) is 4.79 Å². The number of rotatable bonds is 3. The van der Waals surface area contributed by atoms with E-state index in [0.29, 0.717) is 5.56 Å². The van der Waals surface area contributed by atoms with Gasteiger partial charge in [-0.05, 0) is 37.1 Å². The summed E-state index contributed by atoms with van der Waals surface area (Å²) in [5.74, 6) is 0.643. The third-order valence-electron chi connectivity index (χ3n) is 3.85. The molecule has 0 saturated carbocycles. The van der Waals surface area contributed by atoms with Crippen molar-refractivity contribution in [3.05, 3.63) is 59.3 Å². The quantitative estimate of drug-likeness (QED) is 0.765. The fourth-order valence-electron chi connectivity index (χ4n) is 2.61. The fourth-order valence-corrected chi connectivity index (χ4v) is 2.61. The molecule has 0 radical (unpaired) electrons. The molecule has 0 aliphatic rings. The van der Waals surface area contributed by atoms with Gasteiger partial charge < -0.3 is 15.0 Å². The predicted octanol–water partition coefficient (Wildman–Crippen LogP) is 4.05. The number of H-pyrrole nitrogens is 1. The van der Waals surface area contributed by atoms with Crippen molar-refractivity contribution in [2.24, 2.45) is 0 Å². The highest BCUT2D eigenvalue weighted by Crippen LogP contribution is 2.25. The zero-order valence-electron chi connectivity index (χ0n) is 12.9. The molecule has 4 heteroatoms. The second-order valence-corrected chi connectivity index (χ2v) is 5.33. The molecule has 4 nitrogen and oxygen atoms in total. The maximum atomic E-state index is 12.6. The molecule has 0 unspecified atom stereocenters. The Morgan fingerprint density at radius 3 is 2.55 bits per heavy atom. The zero-order valence-corrected chi connectivity index (χ0v) is 12.9. The van der Waals surface area contributed by atoms with E-state index in [0.717, 1.165) is 33.5 Å². The minimum absolute atomic E-state index is 0.117. The lowest BCUT2D eigenvalue weighted by Crippen LogP contribution is -2.13. The first-order valence-electron chi connectivity index (χ1n) is 7.13. The smallest absolute Gasteiger partial charge is 0.257 e. The lowest BCUT2D eigenvalue weighted by atomic mass is 10.1. The van der Waals surface area contributed by atoms with Crippen molar-refractivity contribution < 1.29 is 9.53 Å². The molecular formula is C18H18N2O2. The number of para-hydroxylation sites is 1. The molecule has 0 bridgehead atoms. The van der Waals surface area contributed by atoms with E-state index >= 15 is 0 Å². The van der Waals surface area contributed by atoms with Gasteiger partial charge in [0, 0.05) is 28.9 Å². The Morgan fingerprint density at radius 2 is 1.86 bits per heavy atom. The molecule has 0 aliphatic heterocycles. The highest BCUT2D eigenvalue weighted by Gasteiger charge is 2.14. The number of ether oxygens (including phenoxy) is 1. The summed E-state index contributed by atoms with van der Waals surface area (Å²) >= 11 is 0. The average molecular weight is 294 g/mol. The summed E-state index contributed by atoms with van der Waals surface area (Å²) in [7, 11) is 1.62. The summed E-state index contributed by atoms with van der Waals surface area (Å²) in [6.07, 6.45) is 1.73. The van der Waals surface area contributed by atoms with Gasteiger partial charge in [-0.15, -0.1) is 0 Å². The topological polar surface area (TPSA) is 54.1 Å². The molecule has 0 spiro atoms. The molecule has 2 aromatic carbocycles. The number of methoxy groups -OCH3 is 1. The van der Waals surface area contributed by atoms with Crippen LogP contribution in [0.25, 0.3) is 10.9 Å². The Kier molecular flexibility index (Phi) is 3.59. The zero-order chi connectivity index (χ0) is 15.7. The maximum Gasteiger partial charge on any atom is 0.257 e. The van der Waals surface area contributed by atoms with Crippen LogP contribution < -0.4 is 10.1 Å². The molecule has 112 valence electrons. The largest absolute Gasteiger partial charge is 0.497 e. The van der Waals surface area contributed by atoms with Gasteiger partial charge in [0.25, 0.3) is 5.91 Å². The van der Waals surface area contributed by atoms with E-state index < -0.39 is 0 Å². The third kappa shape index (κ3) is 2.44. The highest BCUT2D eigenvalue weighted by atomic mass is 16.5. The fraction of sp³-hybridized carbons (Fsp3) is 0.167. The van der Waals surface area contributed by atoms with E-state index in [9.17, 15) is 4.79 Å². The minimum atomic E-state index is -0.117. The molecule has 0 fully saturated rings. The van der Waals surface area contributed by atoms with Crippen LogP contribution in [0.15, 0.2) is 42.6 Å². The van der Waals surface area contributed by atoms with E-state index in [-0.39, 0.29) is 5.91 Å². The molecule has 0 aliphatic carbocycles. The van der Waals surface area contributed by atoms with Crippen LogP contribution in [0, 0.1) is 13.8 Å². The van der Waals surface area contributed by atoms with E-state index in [1.165, 1.54) is 0 Å². The molecular weight excluding hydrogens is 276 g/mol. The van der Waals surface area contributed by atoms with Gasteiger partial charge in [0.05, 0.1) is 12.7 Å². The number of carbonyl (C=O) groups excluding carboxylic acids is 1. The van der Waals surface area contributed by atoms with Gasteiger partial charge >= 0.3 is 0 Å². The second-order valence-electron chi connectivity index (χ2n) is 5.33. The lowest BCUT2D eigenvalue weighted by Gasteiger charge is -2.11. The van der Waals surface area contributed by atoms with Crippen molar-refractivity contribution in [3.63, 3.8) is 0 Å². The Hall–Kier alpha value is -2.75. The molecule has 2 N–H and O–H groups in total. The first-order chi connectivity index (χ1) is 10.6. The Labute approximate surface area is 129 Å². The Balaban J connectivity index is 1.96. The van der Waals surface area contributed by atoms with Crippen molar-refractivity contribution in [1.82, 2.24) is 4.98 Å². The number of nitrogens with one attached hydrogen (secondary N) is 2. The summed E-state index contributed by atoms with van der Waals surface area (Å²) in [6.45, 7) is 3.98. The molecule has 1 heterocycles. The Bertz CT molecular complexity index is 829. The van der Waals surface area contributed by atoms with E-state index in [1.807, 2.05) is 50.2 Å². The van der Waals surface area contributed by atoms with Gasteiger partial charge in [0.15, 0.2) is 0 Å². The number of carbonyl (C=O) groups is 1. The summed E-state index contributed by atoms with van der Waals surface area (Å²) in [5, 5.41) is 3.89. The van der Waals surface area contributed by atoms with Gasteiger partial charge in [0.1, 0.15) is 5.75 Å². The Morgan fingerprint density at radius 1 is 1.14 bits per heavy atom. The van der Waals surface area contributed by atoms with Gasteiger partial charge in [-0.25, -0.2) is 0 Å². The van der Waals surface area contributed by atoms with Gasteiger partial charge in [-0.2, -0.15) is 0 Å². The van der Waals surface area contributed by atoms with Crippen LogP contribution in [0.5, 0.6) is 5.75 Å². The summed E-state index contributed by atoms with van der Waals surface area (Å²) < 4.78 is 5.20. The lowest BCUT2D eigenvalue weighted by molar-refractivity contribution is 0.102. The van der Waals surface area contributed by atoms with Crippen molar-refractivity contribution in [2.45, 2.75) is 13.8 Å². The van der Waals surface area contributed by atoms with E-state index in [4.69, 9.17) is 4.74 Å². The van der Waals surface area contributed by atoms with E-state index in [2.05, 4.69) is 10.3 Å². The number of hydrogen-bond acceptors (Lipinski definition) is 2. The molecule has 0 atom stereocenters. The van der Waals surface area contributed by atoms with Crippen LogP contribution in [-0.4, -0.2) is 18.0 Å². The number of aromatic nitrogens is 1. The van der Waals surface area contributed by atoms with Crippen LogP contribution in [0.4, 0.5) is 5.69 Å². The number of aryl methyl sites for hydroxylation is 2. The van der Waals surface area contributed by atoms with Crippen molar-refractivity contribution in [2.75, 3.05) is 12.4 Å². The second kappa shape index (κ2) is 5.56. The van der Waals surface area contributed by atoms with Crippen molar-refractivity contribution >= 4 is 22.5 Å². The average Bonchev–Trinajstić information content (AvgIpc) is 2.94. The number of aromatic amines is 1. The minimum Gasteiger partial charge on any atom is -0.497 e. The predicted molar refractivity (Wildman–Crippen MR) is 88.7 cm³/mol. The van der Waals surface area contributed by atoms with Crippen molar-refractivity contribution in [1.29, 1.82) is 0 Å². The van der Waals surface area contributed by atoms with Crippen LogP contribution >= 0.6 is 0 Å². The summed E-state index contributed by atoms with van der Waals surface area (Å²) in [6, 6.07) is 11.6. The molecule has 0 saturated heterocycles. The van der Waals surface area contributed by atoms with Crippen molar-refractivity contribution in [3.8, 4) is 5.75 Å². The first kappa shape index (κ1) is 14.2. The normalized spacial score (nSPS) is 10.7. The standard InChI is InChI=1S/C18H18N2O2/c1-11-5-4-6-12(2)17(11)20-18(21)15-10-19-16-9-13(22-3)7-8-14(15)16/h4-10,19H,1-3H3,(H,20,21). The van der Waals surface area contributed by atoms with Crippen LogP contribution in [0.3, 0.4) is 0 Å². The van der Waals surface area contributed by atoms with Crippen LogP contribution in [0.2, 0.25) is 0 Å². The molecule has 1 aromatic heterocycles. The summed E-state index contributed by atoms with van der Waals surface area (Å²) in [4.78, 5) is 15.7. The number of anilines is 1. The highest BCUT2D eigenvalue weighted by molar-refractivity contribution is 6.13. The molecule has 3 rings (SSSR count). The first-order valence-corrected chi connectivity index (χ1v) is 7.13. The molecule has 1 amide bonds. The number of benzene rings is 2. The SMILES string of the molecule is COc1ccc2c(C(=O)Nc3c(C)cccc3C)c[nH]c2c1. The number of amides is 1. The third-order valence-corrected chi connectivity index (χ3v) is 3.85. The van der Waals surface area contributed by atoms with Gasteiger partial charge in [-0.1, -0.05) is 18.2 Å². The van der Waals surface area contributed by atoms with Crippen LogP contribution in [-0.2, 0) is 0 Å². The maximum absolute atomic E-state index is 12.6. The van der Waals surface area contributed by atoms with E-state index in [1.54, 1.807) is 13.3 Å². The monoisotopic (exact) mass is 294 g/mol. The number of hydrogen-bond donors (Lipinski definition) is 2. The molecule has 3 aromatic rings. The molecule has 22 heavy (non-hydrogen) atoms. The number of fused-ring (bicyclic) bond motifs is 1. The van der Waals surface area contributed by atoms with Gasteiger partial charge in [0.2, 0.25) is 0 Å². The summed E-state index contributed by atoms with van der Waals surface area (Å²) in [5.41, 5.74) is 4.48.